The van der Waals surface area contributed by atoms with Crippen LogP contribution in [0.15, 0.2) is 36.4 Å². The molecule has 0 spiro atoms. The number of carbonyl (C=O) groups is 1. The highest BCUT2D eigenvalue weighted by atomic mass is 35.5. The molecule has 1 fully saturated rings. The Morgan fingerprint density at radius 2 is 1.88 bits per heavy atom. The molecule has 5 nitrogen and oxygen atoms in total. The van der Waals surface area contributed by atoms with E-state index in [9.17, 15) is 4.79 Å². The molecular weight excluding hydrogens is 457 g/mol. The molecule has 1 heterocycles. The summed E-state index contributed by atoms with van der Waals surface area (Å²) in [4.78, 5) is 20.0. The maximum atomic E-state index is 13.4. The van der Waals surface area contributed by atoms with Gasteiger partial charge in [0.2, 0.25) is 5.91 Å². The standard InChI is InChI=1S/C26H33Cl2N3O2/c1-3-12-31(20-10-11-21-19(17-20)6-4-9-24(21)33-2)25(32)18-29-13-15-30(16-14-29)23-8-5-7-22(27)26(23)28/h4-9,20H,3,10-18H2,1-2H3. The summed E-state index contributed by atoms with van der Waals surface area (Å²) in [6.45, 7) is 6.75. The van der Waals surface area contributed by atoms with Crippen LogP contribution in [0.2, 0.25) is 10.0 Å². The number of benzene rings is 2. The Bertz CT molecular complexity index is 976. The fourth-order valence-electron chi connectivity index (χ4n) is 5.13. The lowest BCUT2D eigenvalue weighted by Gasteiger charge is -2.39. The van der Waals surface area contributed by atoms with Gasteiger partial charge >= 0.3 is 0 Å². The first kappa shape index (κ1) is 24.2. The van der Waals surface area contributed by atoms with Gasteiger partial charge in [0.15, 0.2) is 0 Å². The third-order valence-electron chi connectivity index (χ3n) is 6.86. The summed E-state index contributed by atoms with van der Waals surface area (Å²) in [5.41, 5.74) is 3.58. The van der Waals surface area contributed by atoms with E-state index >= 15 is 0 Å². The van der Waals surface area contributed by atoms with E-state index in [1.807, 2.05) is 24.3 Å². The molecule has 2 aromatic carbocycles. The molecule has 0 aromatic heterocycles. The lowest BCUT2D eigenvalue weighted by molar-refractivity contribution is -0.135. The number of nitrogens with zero attached hydrogens (tertiary/aromatic N) is 3. The highest BCUT2D eigenvalue weighted by Gasteiger charge is 2.30. The van der Waals surface area contributed by atoms with Crippen molar-refractivity contribution in [3.05, 3.63) is 57.6 Å². The maximum Gasteiger partial charge on any atom is 0.237 e. The molecule has 0 radical (unpaired) electrons. The van der Waals surface area contributed by atoms with Crippen molar-refractivity contribution in [2.45, 2.75) is 38.6 Å². The van der Waals surface area contributed by atoms with Crippen molar-refractivity contribution in [1.29, 1.82) is 0 Å². The summed E-state index contributed by atoms with van der Waals surface area (Å²) in [5.74, 6) is 1.21. The second-order valence-electron chi connectivity index (χ2n) is 8.92. The van der Waals surface area contributed by atoms with Gasteiger partial charge in [-0.3, -0.25) is 9.69 Å². The Morgan fingerprint density at radius 3 is 2.61 bits per heavy atom. The van der Waals surface area contributed by atoms with E-state index in [-0.39, 0.29) is 11.9 Å². The third-order valence-corrected chi connectivity index (χ3v) is 7.67. The van der Waals surface area contributed by atoms with Crippen LogP contribution in [-0.2, 0) is 17.6 Å². The molecule has 0 N–H and O–H groups in total. The van der Waals surface area contributed by atoms with Crippen molar-refractivity contribution in [1.82, 2.24) is 9.80 Å². The molecule has 1 amide bonds. The SMILES string of the molecule is CCCN(C(=O)CN1CCN(c2cccc(Cl)c2Cl)CC1)C1CCc2c(cccc2OC)C1. The monoisotopic (exact) mass is 489 g/mol. The summed E-state index contributed by atoms with van der Waals surface area (Å²) in [5, 5.41) is 1.18. The number of rotatable bonds is 7. The van der Waals surface area contributed by atoms with Crippen LogP contribution < -0.4 is 9.64 Å². The number of carbonyl (C=O) groups excluding carboxylic acids is 1. The Morgan fingerprint density at radius 1 is 1.12 bits per heavy atom. The maximum absolute atomic E-state index is 13.4. The average Bonchev–Trinajstić information content (AvgIpc) is 2.84. The zero-order chi connectivity index (χ0) is 23.4. The van der Waals surface area contributed by atoms with Gasteiger partial charge < -0.3 is 14.5 Å². The lowest BCUT2D eigenvalue weighted by Crippen LogP contribution is -2.52. The van der Waals surface area contributed by atoms with Crippen LogP contribution in [0.3, 0.4) is 0 Å². The minimum Gasteiger partial charge on any atom is -0.496 e. The number of methoxy groups -OCH3 is 1. The average molecular weight is 490 g/mol. The first-order valence-corrected chi connectivity index (χ1v) is 12.6. The summed E-state index contributed by atoms with van der Waals surface area (Å²) < 4.78 is 5.55. The van der Waals surface area contributed by atoms with Crippen LogP contribution in [0.5, 0.6) is 5.75 Å². The van der Waals surface area contributed by atoms with Crippen molar-refractivity contribution in [3.8, 4) is 5.75 Å². The van der Waals surface area contributed by atoms with Crippen molar-refractivity contribution in [3.63, 3.8) is 0 Å². The lowest BCUT2D eigenvalue weighted by atomic mass is 9.86. The summed E-state index contributed by atoms with van der Waals surface area (Å²) in [7, 11) is 1.73. The number of halogens is 2. The van der Waals surface area contributed by atoms with Crippen molar-refractivity contribution in [2.24, 2.45) is 0 Å². The number of piperazine rings is 1. The van der Waals surface area contributed by atoms with Gasteiger partial charge in [-0.1, -0.05) is 48.3 Å². The zero-order valence-electron chi connectivity index (χ0n) is 19.5. The van der Waals surface area contributed by atoms with Crippen molar-refractivity contribution >= 4 is 34.8 Å². The van der Waals surface area contributed by atoms with Gasteiger partial charge in [0, 0.05) is 38.8 Å². The normalized spacial score (nSPS) is 18.7. The van der Waals surface area contributed by atoms with Crippen LogP contribution in [-0.4, -0.2) is 68.1 Å². The molecule has 1 saturated heterocycles. The molecule has 0 bridgehead atoms. The fraction of sp³-hybridized carbons (Fsp3) is 0.500. The number of fused-ring (bicyclic) bond motifs is 1. The highest BCUT2D eigenvalue weighted by Crippen LogP contribution is 2.33. The molecule has 1 unspecified atom stereocenters. The van der Waals surface area contributed by atoms with Gasteiger partial charge in [0.05, 0.1) is 29.4 Å². The van der Waals surface area contributed by atoms with Crippen molar-refractivity contribution in [2.75, 3.05) is 51.3 Å². The fourth-order valence-corrected chi connectivity index (χ4v) is 5.54. The van der Waals surface area contributed by atoms with Crippen LogP contribution in [0, 0.1) is 0 Å². The molecule has 1 aliphatic carbocycles. The number of anilines is 1. The Hall–Kier alpha value is -1.95. The highest BCUT2D eigenvalue weighted by molar-refractivity contribution is 6.43. The molecule has 178 valence electrons. The second kappa shape index (κ2) is 11.0. The van der Waals surface area contributed by atoms with E-state index in [4.69, 9.17) is 27.9 Å². The number of amides is 1. The largest absolute Gasteiger partial charge is 0.496 e. The molecule has 33 heavy (non-hydrogen) atoms. The van der Waals surface area contributed by atoms with E-state index < -0.39 is 0 Å². The Balaban J connectivity index is 1.37. The summed E-state index contributed by atoms with van der Waals surface area (Å²) in [6.07, 6.45) is 3.81. The van der Waals surface area contributed by atoms with Gasteiger partial charge in [-0.25, -0.2) is 0 Å². The van der Waals surface area contributed by atoms with Crippen LogP contribution in [0.4, 0.5) is 5.69 Å². The first-order valence-electron chi connectivity index (χ1n) is 11.9. The predicted molar refractivity (Wildman–Crippen MR) is 136 cm³/mol. The number of hydrogen-bond acceptors (Lipinski definition) is 4. The zero-order valence-corrected chi connectivity index (χ0v) is 21.0. The molecular formula is C26H33Cl2N3O2. The molecule has 2 aromatic rings. The molecule has 2 aliphatic rings. The van der Waals surface area contributed by atoms with E-state index in [1.165, 1.54) is 11.1 Å². The van der Waals surface area contributed by atoms with Gasteiger partial charge in [-0.05, 0) is 55.0 Å². The van der Waals surface area contributed by atoms with Gasteiger partial charge in [0.25, 0.3) is 0 Å². The van der Waals surface area contributed by atoms with Gasteiger partial charge in [0.1, 0.15) is 5.75 Å². The van der Waals surface area contributed by atoms with Gasteiger partial charge in [-0.15, -0.1) is 0 Å². The van der Waals surface area contributed by atoms with Gasteiger partial charge in [-0.2, -0.15) is 0 Å². The number of ether oxygens (including phenoxy) is 1. The molecule has 4 rings (SSSR count). The molecule has 7 heteroatoms. The van der Waals surface area contributed by atoms with Crippen molar-refractivity contribution < 1.29 is 9.53 Å². The first-order chi connectivity index (χ1) is 16.0. The molecule has 0 saturated carbocycles. The number of hydrogen-bond donors (Lipinski definition) is 0. The Kier molecular flexibility index (Phi) is 8.05. The van der Waals surface area contributed by atoms with Crippen LogP contribution >= 0.6 is 23.2 Å². The molecule has 1 aliphatic heterocycles. The van der Waals surface area contributed by atoms with E-state index in [0.717, 1.165) is 69.8 Å². The van der Waals surface area contributed by atoms with Crippen LogP contribution in [0.25, 0.3) is 0 Å². The van der Waals surface area contributed by atoms with E-state index in [2.05, 4.69) is 33.8 Å². The smallest absolute Gasteiger partial charge is 0.237 e. The predicted octanol–water partition coefficient (Wildman–Crippen LogP) is 4.92. The quantitative estimate of drug-likeness (QED) is 0.552. The second-order valence-corrected chi connectivity index (χ2v) is 9.70. The summed E-state index contributed by atoms with van der Waals surface area (Å²) >= 11 is 12.6. The van der Waals surface area contributed by atoms with E-state index in [1.54, 1.807) is 7.11 Å². The minimum absolute atomic E-state index is 0.238. The van der Waals surface area contributed by atoms with Crippen LogP contribution in [0.1, 0.15) is 30.9 Å². The van der Waals surface area contributed by atoms with E-state index in [0.29, 0.717) is 16.6 Å². The molecule has 1 atom stereocenters. The minimum atomic E-state index is 0.238. The summed E-state index contributed by atoms with van der Waals surface area (Å²) in [6, 6.07) is 12.3. The topological polar surface area (TPSA) is 36.0 Å². The Labute approximate surface area is 207 Å². The third kappa shape index (κ3) is 5.42.